The Morgan fingerprint density at radius 2 is 1.96 bits per heavy atom. The fraction of sp³-hybridized carbons (Fsp3) is 0.211. The van der Waals surface area contributed by atoms with E-state index in [0.29, 0.717) is 10.6 Å². The predicted molar refractivity (Wildman–Crippen MR) is 104 cm³/mol. The van der Waals surface area contributed by atoms with Gasteiger partial charge < -0.3 is 10.1 Å². The second-order valence-corrected chi connectivity index (χ2v) is 6.43. The Hall–Kier alpha value is -3.07. The first-order valence-corrected chi connectivity index (χ1v) is 8.91. The smallest absolute Gasteiger partial charge is 0.387 e. The zero-order chi connectivity index (χ0) is 20.1. The summed E-state index contributed by atoms with van der Waals surface area (Å²) in [5.41, 5.74) is 2.17. The molecule has 0 atom stereocenters. The molecule has 28 heavy (non-hydrogen) atoms. The summed E-state index contributed by atoms with van der Waals surface area (Å²) < 4.78 is 31.5. The maximum absolute atomic E-state index is 12.5. The Balaban J connectivity index is 1.70. The zero-order valence-corrected chi connectivity index (χ0v) is 15.8. The average Bonchev–Trinajstić information content (AvgIpc) is 3.02. The summed E-state index contributed by atoms with van der Waals surface area (Å²) in [7, 11) is 0. The number of nitrogens with zero attached hydrogens (tertiary/aromatic N) is 2. The number of hydrogen-bond acceptors (Lipinski definition) is 4. The van der Waals surface area contributed by atoms with Crippen molar-refractivity contribution in [2.45, 2.75) is 26.5 Å². The topological polar surface area (TPSA) is 71.9 Å². The number of benzene rings is 2. The van der Waals surface area contributed by atoms with E-state index in [2.05, 4.69) is 20.3 Å². The van der Waals surface area contributed by atoms with Gasteiger partial charge in [0, 0.05) is 18.5 Å². The molecule has 0 saturated heterocycles. The molecular formula is C19H18F2N4O2S. The van der Waals surface area contributed by atoms with Gasteiger partial charge in [-0.25, -0.2) is 0 Å². The number of rotatable bonds is 7. The molecule has 3 rings (SSSR count). The van der Waals surface area contributed by atoms with Gasteiger partial charge in [0.1, 0.15) is 5.75 Å². The van der Waals surface area contributed by atoms with Gasteiger partial charge in [0.15, 0.2) is 10.6 Å². The van der Waals surface area contributed by atoms with Gasteiger partial charge in [0.05, 0.1) is 5.69 Å². The molecule has 9 heteroatoms. The van der Waals surface area contributed by atoms with Gasteiger partial charge >= 0.3 is 6.61 Å². The molecule has 146 valence electrons. The highest BCUT2D eigenvalue weighted by atomic mass is 32.1. The van der Waals surface area contributed by atoms with E-state index in [9.17, 15) is 13.6 Å². The Kier molecular flexibility index (Phi) is 6.15. The van der Waals surface area contributed by atoms with Gasteiger partial charge in [-0.1, -0.05) is 42.0 Å². The van der Waals surface area contributed by atoms with Crippen molar-refractivity contribution in [3.63, 3.8) is 0 Å². The number of carbonyl (C=O) groups excluding carboxylic acids is 1. The van der Waals surface area contributed by atoms with Crippen LogP contribution in [0.4, 0.5) is 14.5 Å². The summed E-state index contributed by atoms with van der Waals surface area (Å²) in [6.45, 7) is -0.706. The highest BCUT2D eigenvalue weighted by Crippen LogP contribution is 2.25. The van der Waals surface area contributed by atoms with Crippen molar-refractivity contribution < 1.29 is 18.3 Å². The molecule has 0 aliphatic heterocycles. The van der Waals surface area contributed by atoms with Crippen LogP contribution in [0, 0.1) is 11.7 Å². The first kappa shape index (κ1) is 19.7. The molecule has 2 aromatic carbocycles. The predicted octanol–water partition coefficient (Wildman–Crippen LogP) is 4.55. The van der Waals surface area contributed by atoms with E-state index in [1.165, 1.54) is 12.1 Å². The molecule has 0 aliphatic carbocycles. The van der Waals surface area contributed by atoms with Crippen LogP contribution in [0.15, 0.2) is 48.5 Å². The molecule has 6 nitrogen and oxygen atoms in total. The third kappa shape index (κ3) is 4.80. The van der Waals surface area contributed by atoms with E-state index < -0.39 is 6.61 Å². The van der Waals surface area contributed by atoms with E-state index in [1.54, 1.807) is 16.7 Å². The summed E-state index contributed by atoms with van der Waals surface area (Å²) in [6, 6.07) is 13.8. The Labute approximate surface area is 165 Å². The molecule has 0 bridgehead atoms. The van der Waals surface area contributed by atoms with E-state index in [0.717, 1.165) is 11.1 Å². The minimum Gasteiger partial charge on any atom is -0.433 e. The maximum atomic E-state index is 12.5. The van der Waals surface area contributed by atoms with Gasteiger partial charge in [-0.3, -0.25) is 14.5 Å². The van der Waals surface area contributed by atoms with Gasteiger partial charge in [0.25, 0.3) is 0 Å². The number of alkyl halides is 2. The molecular weight excluding hydrogens is 386 g/mol. The standard InChI is InChI=1S/C19H18F2N4O2S/c1-12-6-8-13(9-7-12)17-23-24-19(28)25(17)11-10-16(26)22-14-4-2-3-5-15(14)27-18(20)21/h2-9,18H,10-11H2,1H3,(H,22,26)(H,24,28). The Morgan fingerprint density at radius 1 is 1.25 bits per heavy atom. The van der Waals surface area contributed by atoms with E-state index in [-0.39, 0.29) is 30.3 Å². The number of halogens is 2. The highest BCUT2D eigenvalue weighted by Gasteiger charge is 2.13. The summed E-state index contributed by atoms with van der Waals surface area (Å²) in [5.74, 6) is 0.175. The van der Waals surface area contributed by atoms with Crippen LogP contribution in [-0.4, -0.2) is 27.3 Å². The fourth-order valence-corrected chi connectivity index (χ4v) is 2.87. The molecule has 0 saturated carbocycles. The fourth-order valence-electron chi connectivity index (χ4n) is 2.64. The van der Waals surface area contributed by atoms with Crippen LogP contribution in [0.2, 0.25) is 0 Å². The number of amides is 1. The molecule has 1 aromatic heterocycles. The van der Waals surface area contributed by atoms with Crippen LogP contribution in [0.25, 0.3) is 11.4 Å². The molecule has 3 aromatic rings. The number of anilines is 1. The minimum absolute atomic E-state index is 0.0791. The van der Waals surface area contributed by atoms with Crippen molar-refractivity contribution in [1.82, 2.24) is 14.8 Å². The quantitative estimate of drug-likeness (QED) is 0.567. The minimum atomic E-state index is -2.97. The number of para-hydroxylation sites is 2. The largest absolute Gasteiger partial charge is 0.433 e. The number of aromatic amines is 1. The molecule has 2 N–H and O–H groups in total. The van der Waals surface area contributed by atoms with Crippen LogP contribution >= 0.6 is 12.2 Å². The van der Waals surface area contributed by atoms with Gasteiger partial charge in [-0.2, -0.15) is 13.9 Å². The van der Waals surface area contributed by atoms with E-state index >= 15 is 0 Å². The van der Waals surface area contributed by atoms with Crippen molar-refractivity contribution in [3.8, 4) is 17.1 Å². The highest BCUT2D eigenvalue weighted by molar-refractivity contribution is 7.71. The van der Waals surface area contributed by atoms with Gasteiger partial charge in [0.2, 0.25) is 5.91 Å². The third-order valence-corrected chi connectivity index (χ3v) is 4.32. The summed E-state index contributed by atoms with van der Waals surface area (Å²) in [4.78, 5) is 12.3. The lowest BCUT2D eigenvalue weighted by molar-refractivity contribution is -0.116. The molecule has 0 unspecified atom stereocenters. The van der Waals surface area contributed by atoms with Crippen molar-refractivity contribution in [1.29, 1.82) is 0 Å². The summed E-state index contributed by atoms with van der Waals surface area (Å²) in [6.07, 6.45) is 0.0791. The Bertz CT molecular complexity index is 1020. The average molecular weight is 404 g/mol. The van der Waals surface area contributed by atoms with E-state index in [1.807, 2.05) is 31.2 Å². The number of nitrogens with one attached hydrogen (secondary N) is 2. The van der Waals surface area contributed by atoms with Crippen molar-refractivity contribution in [2.75, 3.05) is 5.32 Å². The molecule has 0 aliphatic rings. The number of carbonyl (C=O) groups is 1. The summed E-state index contributed by atoms with van der Waals surface area (Å²) >= 11 is 5.26. The third-order valence-electron chi connectivity index (χ3n) is 4.01. The molecule has 0 fully saturated rings. The number of hydrogen-bond donors (Lipinski definition) is 2. The normalized spacial score (nSPS) is 10.9. The lowest BCUT2D eigenvalue weighted by Crippen LogP contribution is -2.16. The number of ether oxygens (including phenoxy) is 1. The van der Waals surface area contributed by atoms with Crippen molar-refractivity contribution >= 4 is 23.8 Å². The van der Waals surface area contributed by atoms with Crippen LogP contribution in [0.3, 0.4) is 0 Å². The first-order valence-electron chi connectivity index (χ1n) is 8.50. The van der Waals surface area contributed by atoms with Crippen LogP contribution in [0.1, 0.15) is 12.0 Å². The second-order valence-electron chi connectivity index (χ2n) is 6.04. The van der Waals surface area contributed by atoms with Crippen LogP contribution in [-0.2, 0) is 11.3 Å². The van der Waals surface area contributed by atoms with Crippen molar-refractivity contribution in [2.24, 2.45) is 0 Å². The Morgan fingerprint density at radius 3 is 2.68 bits per heavy atom. The molecule has 1 amide bonds. The number of aryl methyl sites for hydroxylation is 1. The SMILES string of the molecule is Cc1ccc(-c2n[nH]c(=S)n2CCC(=O)Nc2ccccc2OC(F)F)cc1. The lowest BCUT2D eigenvalue weighted by Gasteiger charge is -2.12. The summed E-state index contributed by atoms with van der Waals surface area (Å²) in [5, 5.41) is 9.56. The molecule has 0 spiro atoms. The monoisotopic (exact) mass is 404 g/mol. The van der Waals surface area contributed by atoms with Gasteiger partial charge in [-0.15, -0.1) is 0 Å². The zero-order valence-electron chi connectivity index (χ0n) is 15.0. The van der Waals surface area contributed by atoms with Crippen LogP contribution < -0.4 is 10.1 Å². The van der Waals surface area contributed by atoms with E-state index in [4.69, 9.17) is 12.2 Å². The number of H-pyrrole nitrogens is 1. The first-order chi connectivity index (χ1) is 13.4. The lowest BCUT2D eigenvalue weighted by atomic mass is 10.1. The molecule has 0 radical (unpaired) electrons. The maximum Gasteiger partial charge on any atom is 0.387 e. The van der Waals surface area contributed by atoms with Gasteiger partial charge in [-0.05, 0) is 31.3 Å². The molecule has 1 heterocycles. The number of aromatic nitrogens is 3. The van der Waals surface area contributed by atoms with Crippen molar-refractivity contribution in [3.05, 3.63) is 58.9 Å². The van der Waals surface area contributed by atoms with Crippen LogP contribution in [0.5, 0.6) is 5.75 Å². The second kappa shape index (κ2) is 8.75.